The standard InChI is InChI=1S/C19H27ClN2O4/c20-16-1-3-18(4-2-16)26-15-19(23)22(17-5-11-24-12-6-17)8-7-21-9-13-25-14-10-21/h1-4,17H,5-15H2. The van der Waals surface area contributed by atoms with Crippen LogP contribution in [0, 0.1) is 0 Å². The van der Waals surface area contributed by atoms with Gasteiger partial charge >= 0.3 is 0 Å². The number of halogens is 1. The van der Waals surface area contributed by atoms with E-state index in [2.05, 4.69) is 4.90 Å². The summed E-state index contributed by atoms with van der Waals surface area (Å²) in [6.45, 7) is 6.45. The van der Waals surface area contributed by atoms with Gasteiger partial charge in [0.05, 0.1) is 13.2 Å². The molecule has 0 saturated carbocycles. The third-order valence-corrected chi connectivity index (χ3v) is 5.14. The van der Waals surface area contributed by atoms with E-state index in [0.717, 1.165) is 45.7 Å². The molecular weight excluding hydrogens is 356 g/mol. The third kappa shape index (κ3) is 5.84. The number of hydrogen-bond donors (Lipinski definition) is 0. The zero-order chi connectivity index (χ0) is 18.2. The fourth-order valence-electron chi connectivity index (χ4n) is 3.34. The van der Waals surface area contributed by atoms with Crippen LogP contribution in [0.4, 0.5) is 0 Å². The fourth-order valence-corrected chi connectivity index (χ4v) is 3.47. The number of carbonyl (C=O) groups excluding carboxylic acids is 1. The zero-order valence-corrected chi connectivity index (χ0v) is 15.8. The van der Waals surface area contributed by atoms with Crippen molar-refractivity contribution in [3.8, 4) is 5.75 Å². The van der Waals surface area contributed by atoms with Crippen LogP contribution in [0.15, 0.2) is 24.3 Å². The third-order valence-electron chi connectivity index (χ3n) is 4.89. The molecule has 1 amide bonds. The molecule has 3 rings (SSSR count). The van der Waals surface area contributed by atoms with Crippen molar-refractivity contribution in [2.24, 2.45) is 0 Å². The summed E-state index contributed by atoms with van der Waals surface area (Å²) < 4.78 is 16.5. The van der Waals surface area contributed by atoms with Crippen molar-refractivity contribution in [2.45, 2.75) is 18.9 Å². The lowest BCUT2D eigenvalue weighted by atomic mass is 10.1. The number of rotatable bonds is 7. The molecule has 1 aromatic carbocycles. The van der Waals surface area contributed by atoms with E-state index in [9.17, 15) is 4.79 Å². The van der Waals surface area contributed by atoms with E-state index in [0.29, 0.717) is 30.5 Å². The summed E-state index contributed by atoms with van der Waals surface area (Å²) in [6, 6.07) is 7.31. The van der Waals surface area contributed by atoms with Crippen molar-refractivity contribution < 1.29 is 19.0 Å². The van der Waals surface area contributed by atoms with Gasteiger partial charge in [-0.2, -0.15) is 0 Å². The van der Waals surface area contributed by atoms with Gasteiger partial charge in [-0.3, -0.25) is 9.69 Å². The fraction of sp³-hybridized carbons (Fsp3) is 0.632. The quantitative estimate of drug-likeness (QED) is 0.722. The number of benzene rings is 1. The number of nitrogens with zero attached hydrogens (tertiary/aromatic N) is 2. The summed E-state index contributed by atoms with van der Waals surface area (Å²) in [5.74, 6) is 0.683. The number of morpholine rings is 1. The maximum absolute atomic E-state index is 12.8. The number of ether oxygens (including phenoxy) is 3. The Morgan fingerprint density at radius 2 is 1.77 bits per heavy atom. The molecule has 0 N–H and O–H groups in total. The minimum Gasteiger partial charge on any atom is -0.484 e. The first kappa shape index (κ1) is 19.4. The van der Waals surface area contributed by atoms with Crippen molar-refractivity contribution in [1.82, 2.24) is 9.80 Å². The average Bonchev–Trinajstić information content (AvgIpc) is 2.69. The Morgan fingerprint density at radius 1 is 1.12 bits per heavy atom. The van der Waals surface area contributed by atoms with Crippen molar-refractivity contribution in [2.75, 3.05) is 59.2 Å². The molecule has 7 heteroatoms. The van der Waals surface area contributed by atoms with Crippen molar-refractivity contribution in [3.63, 3.8) is 0 Å². The van der Waals surface area contributed by atoms with Gasteiger partial charge in [-0.25, -0.2) is 0 Å². The molecule has 6 nitrogen and oxygen atoms in total. The molecule has 2 aliphatic rings. The summed E-state index contributed by atoms with van der Waals surface area (Å²) in [4.78, 5) is 17.2. The van der Waals surface area contributed by atoms with E-state index in [-0.39, 0.29) is 18.6 Å². The molecule has 0 radical (unpaired) electrons. The lowest BCUT2D eigenvalue weighted by molar-refractivity contribution is -0.138. The van der Waals surface area contributed by atoms with Crippen LogP contribution in [0.25, 0.3) is 0 Å². The van der Waals surface area contributed by atoms with Gasteiger partial charge in [-0.1, -0.05) is 11.6 Å². The van der Waals surface area contributed by atoms with E-state index >= 15 is 0 Å². The van der Waals surface area contributed by atoms with Crippen LogP contribution in [0.1, 0.15) is 12.8 Å². The van der Waals surface area contributed by atoms with Crippen LogP contribution >= 0.6 is 11.6 Å². The minimum absolute atomic E-state index is 0.0279. The van der Waals surface area contributed by atoms with Crippen molar-refractivity contribution in [3.05, 3.63) is 29.3 Å². The van der Waals surface area contributed by atoms with Gasteiger partial charge in [0.25, 0.3) is 5.91 Å². The van der Waals surface area contributed by atoms with E-state index < -0.39 is 0 Å². The maximum Gasteiger partial charge on any atom is 0.260 e. The molecule has 0 aromatic heterocycles. The summed E-state index contributed by atoms with van der Waals surface area (Å²) in [7, 11) is 0. The van der Waals surface area contributed by atoms with Gasteiger partial charge in [0.1, 0.15) is 5.75 Å². The lowest BCUT2D eigenvalue weighted by Crippen LogP contribution is -2.49. The largest absolute Gasteiger partial charge is 0.484 e. The topological polar surface area (TPSA) is 51.2 Å². The predicted molar refractivity (Wildman–Crippen MR) is 99.8 cm³/mol. The molecule has 0 unspecified atom stereocenters. The van der Waals surface area contributed by atoms with Gasteiger partial charge in [0.2, 0.25) is 0 Å². The summed E-state index contributed by atoms with van der Waals surface area (Å²) in [5.41, 5.74) is 0. The lowest BCUT2D eigenvalue weighted by Gasteiger charge is -2.36. The molecule has 2 aliphatic heterocycles. The van der Waals surface area contributed by atoms with Crippen LogP contribution in [-0.2, 0) is 14.3 Å². The second-order valence-electron chi connectivity index (χ2n) is 6.63. The number of hydrogen-bond acceptors (Lipinski definition) is 5. The van der Waals surface area contributed by atoms with Crippen LogP contribution < -0.4 is 4.74 Å². The molecule has 0 atom stereocenters. The number of amides is 1. The second-order valence-corrected chi connectivity index (χ2v) is 7.06. The van der Waals surface area contributed by atoms with Crippen LogP contribution in [-0.4, -0.2) is 81.0 Å². The monoisotopic (exact) mass is 382 g/mol. The van der Waals surface area contributed by atoms with E-state index in [1.54, 1.807) is 24.3 Å². The van der Waals surface area contributed by atoms with E-state index in [1.165, 1.54) is 0 Å². The van der Waals surface area contributed by atoms with Crippen molar-refractivity contribution >= 4 is 17.5 Å². The Bertz CT molecular complexity index is 557. The second kappa shape index (κ2) is 10.1. The van der Waals surface area contributed by atoms with Crippen LogP contribution in [0.2, 0.25) is 5.02 Å². The smallest absolute Gasteiger partial charge is 0.260 e. The SMILES string of the molecule is O=C(COc1ccc(Cl)cc1)N(CCN1CCOCC1)C1CCOCC1. The van der Waals surface area contributed by atoms with Crippen molar-refractivity contribution in [1.29, 1.82) is 0 Å². The molecule has 0 spiro atoms. The maximum atomic E-state index is 12.8. The predicted octanol–water partition coefficient (Wildman–Crippen LogP) is 2.06. The van der Waals surface area contributed by atoms with Gasteiger partial charge in [0, 0.05) is 50.5 Å². The highest BCUT2D eigenvalue weighted by atomic mass is 35.5. The van der Waals surface area contributed by atoms with Gasteiger partial charge < -0.3 is 19.1 Å². The Kier molecular flexibility index (Phi) is 7.55. The molecular formula is C19H27ClN2O4. The number of carbonyl (C=O) groups is 1. The molecule has 0 bridgehead atoms. The Labute approximate surface area is 159 Å². The highest BCUT2D eigenvalue weighted by Crippen LogP contribution is 2.18. The molecule has 144 valence electrons. The van der Waals surface area contributed by atoms with Gasteiger partial charge in [-0.15, -0.1) is 0 Å². The molecule has 2 saturated heterocycles. The first-order valence-corrected chi connectivity index (χ1v) is 9.66. The minimum atomic E-state index is 0.0279. The highest BCUT2D eigenvalue weighted by molar-refractivity contribution is 6.30. The average molecular weight is 383 g/mol. The van der Waals surface area contributed by atoms with E-state index in [4.69, 9.17) is 25.8 Å². The summed E-state index contributed by atoms with van der Waals surface area (Å²) >= 11 is 5.89. The van der Waals surface area contributed by atoms with Crippen LogP contribution in [0.3, 0.4) is 0 Å². The molecule has 26 heavy (non-hydrogen) atoms. The van der Waals surface area contributed by atoms with Gasteiger partial charge in [0.15, 0.2) is 6.61 Å². The molecule has 2 heterocycles. The Morgan fingerprint density at radius 3 is 2.46 bits per heavy atom. The van der Waals surface area contributed by atoms with Crippen LogP contribution in [0.5, 0.6) is 5.75 Å². The Hall–Kier alpha value is -1.34. The zero-order valence-electron chi connectivity index (χ0n) is 15.1. The molecule has 1 aromatic rings. The Balaban J connectivity index is 1.55. The van der Waals surface area contributed by atoms with E-state index in [1.807, 2.05) is 4.90 Å². The molecule has 2 fully saturated rings. The summed E-state index contributed by atoms with van der Waals surface area (Å²) in [6.07, 6.45) is 1.77. The first-order chi connectivity index (χ1) is 12.7. The highest BCUT2D eigenvalue weighted by Gasteiger charge is 2.26. The van der Waals surface area contributed by atoms with Gasteiger partial charge in [-0.05, 0) is 37.1 Å². The molecule has 0 aliphatic carbocycles. The normalized spacial score (nSPS) is 19.3. The summed E-state index contributed by atoms with van der Waals surface area (Å²) in [5, 5.41) is 0.651. The first-order valence-electron chi connectivity index (χ1n) is 9.28.